The van der Waals surface area contributed by atoms with Gasteiger partial charge in [0, 0.05) is 34.1 Å². The second-order valence-corrected chi connectivity index (χ2v) is 8.83. The van der Waals surface area contributed by atoms with Crippen LogP contribution in [0.1, 0.15) is 26.7 Å². The third-order valence-electron chi connectivity index (χ3n) is 4.82. The van der Waals surface area contributed by atoms with Crippen LogP contribution < -0.4 is 10.2 Å². The Bertz CT molecular complexity index is 898. The lowest BCUT2D eigenvalue weighted by Gasteiger charge is -2.36. The van der Waals surface area contributed by atoms with E-state index in [1.54, 1.807) is 20.0 Å². The summed E-state index contributed by atoms with van der Waals surface area (Å²) in [4.78, 5) is 30.1. The Morgan fingerprint density at radius 2 is 2.22 bits per heavy atom. The molecule has 1 aliphatic heterocycles. The molecule has 6 nitrogen and oxygen atoms in total. The second-order valence-electron chi connectivity index (χ2n) is 7.51. The third-order valence-corrected chi connectivity index (χ3v) is 5.59. The van der Waals surface area contributed by atoms with Gasteiger partial charge >= 0.3 is 6.09 Å². The van der Waals surface area contributed by atoms with Crippen LogP contribution in [0.5, 0.6) is 0 Å². The highest BCUT2D eigenvalue weighted by atomic mass is 79.9. The van der Waals surface area contributed by atoms with Gasteiger partial charge in [0.15, 0.2) is 5.78 Å². The Hall–Kier alpha value is -1.86. The van der Waals surface area contributed by atoms with Crippen molar-refractivity contribution in [3.05, 3.63) is 33.9 Å². The standard InChI is InChI=1S/C19H21BrClN3O3/c1-19(2,23-18(26)27)8-11-5-6-24(10-16(11)25)17-13-7-12(20)3-4-15(13)22-9-14(17)21/h3-4,7,9,11,23H,5-6,8,10H2,1-2H3,(H,26,27). The fraction of sp³-hybridized carbons (Fsp3) is 0.421. The zero-order valence-corrected chi connectivity index (χ0v) is 17.5. The average Bonchev–Trinajstić information content (AvgIpc) is 2.55. The minimum atomic E-state index is -1.08. The van der Waals surface area contributed by atoms with Crippen molar-refractivity contribution in [1.29, 1.82) is 0 Å². The molecule has 2 heterocycles. The van der Waals surface area contributed by atoms with Gasteiger partial charge in [0.2, 0.25) is 0 Å². The van der Waals surface area contributed by atoms with Gasteiger partial charge in [-0.1, -0.05) is 27.5 Å². The number of hydrogen-bond donors (Lipinski definition) is 2. The first kappa shape index (κ1) is 19.9. The summed E-state index contributed by atoms with van der Waals surface area (Å²) >= 11 is 9.91. The van der Waals surface area contributed by atoms with Crippen LogP contribution in [-0.4, -0.2) is 40.6 Å². The largest absolute Gasteiger partial charge is 0.465 e. The first-order chi connectivity index (χ1) is 12.7. The lowest BCUT2D eigenvalue weighted by atomic mass is 9.83. The number of piperidine rings is 1. The molecule has 1 amide bonds. The van der Waals surface area contributed by atoms with E-state index in [0.29, 0.717) is 24.4 Å². The van der Waals surface area contributed by atoms with Gasteiger partial charge in [-0.2, -0.15) is 0 Å². The number of amides is 1. The van der Waals surface area contributed by atoms with Gasteiger partial charge in [-0.3, -0.25) is 9.78 Å². The Labute approximate surface area is 171 Å². The summed E-state index contributed by atoms with van der Waals surface area (Å²) in [7, 11) is 0. The van der Waals surface area contributed by atoms with E-state index in [1.807, 2.05) is 23.1 Å². The fourth-order valence-corrected chi connectivity index (χ4v) is 4.31. The summed E-state index contributed by atoms with van der Waals surface area (Å²) in [5, 5.41) is 12.9. The van der Waals surface area contributed by atoms with E-state index in [4.69, 9.17) is 16.7 Å². The van der Waals surface area contributed by atoms with Crippen molar-refractivity contribution < 1.29 is 14.7 Å². The maximum Gasteiger partial charge on any atom is 0.405 e. The Balaban J connectivity index is 1.82. The molecule has 0 spiro atoms. The second kappa shape index (κ2) is 7.64. The topological polar surface area (TPSA) is 82.5 Å². The van der Waals surface area contributed by atoms with Gasteiger partial charge < -0.3 is 15.3 Å². The summed E-state index contributed by atoms with van der Waals surface area (Å²) in [6, 6.07) is 5.79. The Kier molecular flexibility index (Phi) is 5.63. The third kappa shape index (κ3) is 4.52. The molecule has 0 bridgehead atoms. The molecule has 0 aliphatic carbocycles. The molecule has 2 N–H and O–H groups in total. The number of pyridine rings is 1. The van der Waals surface area contributed by atoms with Gasteiger partial charge in [-0.15, -0.1) is 0 Å². The van der Waals surface area contributed by atoms with E-state index < -0.39 is 11.6 Å². The predicted molar refractivity (Wildman–Crippen MR) is 110 cm³/mol. The van der Waals surface area contributed by atoms with Crippen molar-refractivity contribution in [2.45, 2.75) is 32.2 Å². The molecule has 1 saturated heterocycles. The molecule has 0 saturated carbocycles. The number of benzene rings is 1. The number of aromatic nitrogens is 1. The van der Waals surface area contributed by atoms with Gasteiger partial charge in [0.1, 0.15) is 0 Å². The predicted octanol–water partition coefficient (Wildman–Crippen LogP) is 4.48. The highest BCUT2D eigenvalue weighted by Gasteiger charge is 2.34. The number of nitrogens with one attached hydrogen (secondary N) is 1. The van der Waals surface area contributed by atoms with Gasteiger partial charge in [-0.25, -0.2) is 4.79 Å². The Morgan fingerprint density at radius 3 is 2.89 bits per heavy atom. The van der Waals surface area contributed by atoms with Crippen LogP contribution in [-0.2, 0) is 4.79 Å². The van der Waals surface area contributed by atoms with E-state index in [9.17, 15) is 9.59 Å². The number of anilines is 1. The van der Waals surface area contributed by atoms with E-state index >= 15 is 0 Å². The van der Waals surface area contributed by atoms with Gasteiger partial charge in [-0.05, 0) is 44.9 Å². The molecule has 1 aromatic heterocycles. The average molecular weight is 455 g/mol. The number of carbonyl (C=O) groups excluding carboxylic acids is 1. The SMILES string of the molecule is CC(C)(CC1CCN(c2c(Cl)cnc3ccc(Br)cc23)CC1=O)NC(=O)O. The number of Topliss-reactive ketones (excluding diaryl/α,β-unsaturated/α-hetero) is 1. The first-order valence-corrected chi connectivity index (χ1v) is 9.86. The molecule has 3 rings (SSSR count). The van der Waals surface area contributed by atoms with Crippen molar-refractivity contribution in [1.82, 2.24) is 10.3 Å². The molecule has 1 atom stereocenters. The molecule has 8 heteroatoms. The van der Waals surface area contributed by atoms with E-state index in [2.05, 4.69) is 26.2 Å². The molecule has 1 fully saturated rings. The van der Waals surface area contributed by atoms with Gasteiger partial charge in [0.25, 0.3) is 0 Å². The lowest BCUT2D eigenvalue weighted by molar-refractivity contribution is -0.123. The maximum absolute atomic E-state index is 12.8. The first-order valence-electron chi connectivity index (χ1n) is 8.69. The summed E-state index contributed by atoms with van der Waals surface area (Å²) in [5.41, 5.74) is 0.983. The fourth-order valence-electron chi connectivity index (χ4n) is 3.68. The Morgan fingerprint density at radius 1 is 1.48 bits per heavy atom. The van der Waals surface area contributed by atoms with Crippen molar-refractivity contribution >= 4 is 56.0 Å². The zero-order chi connectivity index (χ0) is 19.8. The molecule has 27 heavy (non-hydrogen) atoms. The van der Waals surface area contributed by atoms with Crippen LogP contribution in [0.2, 0.25) is 5.02 Å². The molecule has 1 aromatic carbocycles. The van der Waals surface area contributed by atoms with Crippen LogP contribution in [0.3, 0.4) is 0 Å². The number of fused-ring (bicyclic) bond motifs is 1. The molecule has 1 aliphatic rings. The summed E-state index contributed by atoms with van der Waals surface area (Å²) in [6.45, 7) is 4.52. The van der Waals surface area contributed by atoms with Crippen LogP contribution in [0.4, 0.5) is 10.5 Å². The number of carbonyl (C=O) groups is 2. The zero-order valence-electron chi connectivity index (χ0n) is 15.1. The quantitative estimate of drug-likeness (QED) is 0.711. The van der Waals surface area contributed by atoms with Crippen molar-refractivity contribution in [3.63, 3.8) is 0 Å². The minimum absolute atomic E-state index is 0.0949. The monoisotopic (exact) mass is 453 g/mol. The van der Waals surface area contributed by atoms with Crippen LogP contribution in [0.15, 0.2) is 28.9 Å². The van der Waals surface area contributed by atoms with E-state index in [-0.39, 0.29) is 18.2 Å². The number of carboxylic acid groups (broad SMARTS) is 1. The van der Waals surface area contributed by atoms with Crippen LogP contribution in [0, 0.1) is 5.92 Å². The van der Waals surface area contributed by atoms with Crippen LogP contribution >= 0.6 is 27.5 Å². The number of ketones is 1. The summed E-state index contributed by atoms with van der Waals surface area (Å²) < 4.78 is 0.919. The molecular formula is C19H21BrClN3O3. The van der Waals surface area contributed by atoms with Crippen molar-refractivity contribution in [2.75, 3.05) is 18.0 Å². The highest BCUT2D eigenvalue weighted by molar-refractivity contribution is 9.10. The maximum atomic E-state index is 12.8. The molecule has 0 radical (unpaired) electrons. The van der Waals surface area contributed by atoms with E-state index in [0.717, 1.165) is 21.1 Å². The number of nitrogens with zero attached hydrogens (tertiary/aromatic N) is 2. The number of rotatable bonds is 4. The smallest absolute Gasteiger partial charge is 0.405 e. The highest BCUT2D eigenvalue weighted by Crippen LogP contribution is 2.37. The van der Waals surface area contributed by atoms with E-state index in [1.165, 1.54) is 0 Å². The number of halogens is 2. The van der Waals surface area contributed by atoms with Crippen molar-refractivity contribution in [2.24, 2.45) is 5.92 Å². The molecule has 2 aromatic rings. The molecular weight excluding hydrogens is 434 g/mol. The number of hydrogen-bond acceptors (Lipinski definition) is 4. The summed E-state index contributed by atoms with van der Waals surface area (Å²) in [6.07, 6.45) is 1.66. The van der Waals surface area contributed by atoms with Crippen LogP contribution in [0.25, 0.3) is 10.9 Å². The van der Waals surface area contributed by atoms with Gasteiger partial charge in [0.05, 0.1) is 22.8 Å². The summed E-state index contributed by atoms with van der Waals surface area (Å²) in [5.74, 6) is -0.0840. The lowest BCUT2D eigenvalue weighted by Crippen LogP contribution is -2.48. The van der Waals surface area contributed by atoms with Crippen molar-refractivity contribution in [3.8, 4) is 0 Å². The normalized spacial score (nSPS) is 18.0. The molecule has 1 unspecified atom stereocenters. The minimum Gasteiger partial charge on any atom is -0.465 e. The molecule has 144 valence electrons.